The van der Waals surface area contributed by atoms with E-state index in [9.17, 15) is 4.79 Å². The highest BCUT2D eigenvalue weighted by Crippen LogP contribution is 1.96. The maximum Gasteiger partial charge on any atom is 0.189 e. The van der Waals surface area contributed by atoms with E-state index in [-0.39, 0.29) is 5.78 Å². The van der Waals surface area contributed by atoms with Gasteiger partial charge in [-0.25, -0.2) is 0 Å². The molecule has 0 aromatic heterocycles. The molecule has 3 nitrogen and oxygen atoms in total. The Hall–Kier alpha value is -0.410. The Balaban J connectivity index is 3.71. The van der Waals surface area contributed by atoms with Crippen molar-refractivity contribution in [1.82, 2.24) is 0 Å². The molecule has 0 aromatic rings. The number of aliphatic hydroxyl groups is 1. The first-order chi connectivity index (χ1) is 4.59. The van der Waals surface area contributed by atoms with E-state index in [4.69, 9.17) is 9.84 Å². The van der Waals surface area contributed by atoms with Crippen LogP contribution >= 0.6 is 0 Å². The number of carbonyl (C=O) groups is 1. The molecule has 60 valence electrons. The summed E-state index contributed by atoms with van der Waals surface area (Å²) >= 11 is 0. The second-order valence-corrected chi connectivity index (χ2v) is 2.18. The number of ketones is 1. The molecule has 0 rings (SSSR count). The minimum Gasteiger partial charge on any atom is -0.386 e. The molecule has 0 saturated heterocycles. The van der Waals surface area contributed by atoms with Crippen LogP contribution in [0.3, 0.4) is 0 Å². The molecule has 0 amide bonds. The quantitative estimate of drug-likeness (QED) is 0.623. The number of aliphatic hydroxyl groups excluding tert-OH is 1. The Labute approximate surface area is 61.0 Å². The van der Waals surface area contributed by atoms with Crippen molar-refractivity contribution < 1.29 is 14.6 Å². The number of rotatable bonds is 4. The molecule has 0 radical (unpaired) electrons. The van der Waals surface area contributed by atoms with Crippen molar-refractivity contribution in [3.05, 3.63) is 0 Å². The third kappa shape index (κ3) is 2.94. The fourth-order valence-electron chi connectivity index (χ4n) is 0.672. The second-order valence-electron chi connectivity index (χ2n) is 2.18. The van der Waals surface area contributed by atoms with Gasteiger partial charge in [-0.2, -0.15) is 0 Å². The number of hydrogen-bond donors (Lipinski definition) is 1. The van der Waals surface area contributed by atoms with Crippen molar-refractivity contribution in [2.75, 3.05) is 6.61 Å². The molecule has 0 aromatic carbocycles. The van der Waals surface area contributed by atoms with Gasteiger partial charge in [-0.05, 0) is 20.8 Å². The average molecular weight is 146 g/mol. The molecule has 2 atom stereocenters. The first-order valence-corrected chi connectivity index (χ1v) is 3.43. The zero-order valence-corrected chi connectivity index (χ0v) is 6.63. The van der Waals surface area contributed by atoms with E-state index in [2.05, 4.69) is 0 Å². The van der Waals surface area contributed by atoms with Gasteiger partial charge in [0, 0.05) is 6.61 Å². The topological polar surface area (TPSA) is 46.5 Å². The van der Waals surface area contributed by atoms with Crippen LogP contribution < -0.4 is 0 Å². The monoisotopic (exact) mass is 146 g/mol. The van der Waals surface area contributed by atoms with Crippen LogP contribution in [0.15, 0.2) is 0 Å². The third-order valence-electron chi connectivity index (χ3n) is 1.23. The normalized spacial score (nSPS) is 16.4. The summed E-state index contributed by atoms with van der Waals surface area (Å²) in [5.41, 5.74) is 0. The fourth-order valence-corrected chi connectivity index (χ4v) is 0.672. The van der Waals surface area contributed by atoms with E-state index < -0.39 is 12.2 Å². The highest BCUT2D eigenvalue weighted by molar-refractivity contribution is 5.86. The lowest BCUT2D eigenvalue weighted by Gasteiger charge is -2.11. The summed E-state index contributed by atoms with van der Waals surface area (Å²) in [5, 5.41) is 8.79. The van der Waals surface area contributed by atoms with Crippen molar-refractivity contribution >= 4 is 5.78 Å². The highest BCUT2D eigenvalue weighted by atomic mass is 16.5. The number of ether oxygens (including phenoxy) is 1. The summed E-state index contributed by atoms with van der Waals surface area (Å²) in [6.07, 6.45) is -1.40. The molecule has 0 bridgehead atoms. The third-order valence-corrected chi connectivity index (χ3v) is 1.23. The van der Waals surface area contributed by atoms with Crippen molar-refractivity contribution in [2.45, 2.75) is 33.0 Å². The number of carbonyl (C=O) groups excluding carboxylic acids is 1. The van der Waals surface area contributed by atoms with Gasteiger partial charge in [0.2, 0.25) is 0 Å². The molecule has 0 aliphatic heterocycles. The van der Waals surface area contributed by atoms with E-state index in [1.807, 2.05) is 6.92 Å². The molecule has 0 spiro atoms. The van der Waals surface area contributed by atoms with Gasteiger partial charge in [-0.1, -0.05) is 0 Å². The SMILES string of the molecule is CCOC(C)C(=O)C(C)O. The molecule has 0 saturated carbocycles. The second kappa shape index (κ2) is 4.41. The predicted molar refractivity (Wildman–Crippen MR) is 37.8 cm³/mol. The summed E-state index contributed by atoms with van der Waals surface area (Å²) < 4.78 is 4.96. The summed E-state index contributed by atoms with van der Waals surface area (Å²) in [6, 6.07) is 0. The van der Waals surface area contributed by atoms with Crippen LogP contribution in [0, 0.1) is 0 Å². The first-order valence-electron chi connectivity index (χ1n) is 3.43. The summed E-state index contributed by atoms with van der Waals surface area (Å²) in [5.74, 6) is -0.262. The molecule has 0 aliphatic carbocycles. The standard InChI is InChI=1S/C7H14O3/c1-4-10-6(3)7(9)5(2)8/h5-6,8H,4H2,1-3H3. The van der Waals surface area contributed by atoms with Crippen LogP contribution in [-0.4, -0.2) is 29.7 Å². The van der Waals surface area contributed by atoms with Crippen molar-refractivity contribution in [3.63, 3.8) is 0 Å². The largest absolute Gasteiger partial charge is 0.386 e. The van der Waals surface area contributed by atoms with E-state index in [1.165, 1.54) is 6.92 Å². The van der Waals surface area contributed by atoms with Crippen LogP contribution in [0.5, 0.6) is 0 Å². The van der Waals surface area contributed by atoms with Crippen LogP contribution in [0.4, 0.5) is 0 Å². The van der Waals surface area contributed by atoms with E-state index in [0.29, 0.717) is 6.61 Å². The maximum absolute atomic E-state index is 10.9. The molecular formula is C7H14O3. The Bertz CT molecular complexity index is 109. The van der Waals surface area contributed by atoms with Crippen LogP contribution in [0.25, 0.3) is 0 Å². The molecule has 0 aliphatic rings. The lowest BCUT2D eigenvalue weighted by Crippen LogP contribution is -2.29. The van der Waals surface area contributed by atoms with Gasteiger partial charge in [-0.15, -0.1) is 0 Å². The summed E-state index contributed by atoms with van der Waals surface area (Å²) in [7, 11) is 0. The number of Topliss-reactive ketones (excluding diaryl/α,β-unsaturated/α-hetero) is 1. The average Bonchev–Trinajstić information content (AvgIpc) is 1.87. The van der Waals surface area contributed by atoms with Gasteiger partial charge < -0.3 is 9.84 Å². The van der Waals surface area contributed by atoms with Crippen molar-refractivity contribution in [1.29, 1.82) is 0 Å². The fraction of sp³-hybridized carbons (Fsp3) is 0.857. The molecule has 2 unspecified atom stereocenters. The van der Waals surface area contributed by atoms with E-state index >= 15 is 0 Å². The first kappa shape index (κ1) is 9.59. The smallest absolute Gasteiger partial charge is 0.189 e. The van der Waals surface area contributed by atoms with Crippen molar-refractivity contribution in [2.24, 2.45) is 0 Å². The predicted octanol–water partition coefficient (Wildman–Crippen LogP) is 0.361. The maximum atomic E-state index is 10.9. The number of hydrogen-bond acceptors (Lipinski definition) is 3. The van der Waals surface area contributed by atoms with E-state index in [0.717, 1.165) is 0 Å². The van der Waals surface area contributed by atoms with Crippen LogP contribution in [-0.2, 0) is 9.53 Å². The molecular weight excluding hydrogens is 132 g/mol. The summed E-state index contributed by atoms with van der Waals surface area (Å²) in [4.78, 5) is 10.9. The van der Waals surface area contributed by atoms with Crippen molar-refractivity contribution in [3.8, 4) is 0 Å². The Morgan fingerprint density at radius 3 is 2.40 bits per heavy atom. The Kier molecular flexibility index (Phi) is 4.23. The highest BCUT2D eigenvalue weighted by Gasteiger charge is 2.16. The molecule has 1 N–H and O–H groups in total. The lowest BCUT2D eigenvalue weighted by atomic mass is 10.2. The lowest BCUT2D eigenvalue weighted by molar-refractivity contribution is -0.136. The molecule has 0 heterocycles. The van der Waals surface area contributed by atoms with Gasteiger partial charge in [0.15, 0.2) is 5.78 Å². The van der Waals surface area contributed by atoms with E-state index in [1.54, 1.807) is 6.92 Å². The van der Waals surface area contributed by atoms with Gasteiger partial charge in [0.05, 0.1) is 0 Å². The van der Waals surface area contributed by atoms with Gasteiger partial charge in [-0.3, -0.25) is 4.79 Å². The van der Waals surface area contributed by atoms with Gasteiger partial charge in [0.25, 0.3) is 0 Å². The Morgan fingerprint density at radius 1 is 1.60 bits per heavy atom. The van der Waals surface area contributed by atoms with Gasteiger partial charge in [0.1, 0.15) is 12.2 Å². The minimum absolute atomic E-state index is 0.262. The van der Waals surface area contributed by atoms with Gasteiger partial charge >= 0.3 is 0 Å². The molecule has 10 heavy (non-hydrogen) atoms. The zero-order chi connectivity index (χ0) is 8.15. The van der Waals surface area contributed by atoms with Crippen LogP contribution in [0.1, 0.15) is 20.8 Å². The molecule has 3 heteroatoms. The zero-order valence-electron chi connectivity index (χ0n) is 6.63. The Morgan fingerprint density at radius 2 is 2.10 bits per heavy atom. The van der Waals surface area contributed by atoms with Crippen LogP contribution in [0.2, 0.25) is 0 Å². The molecule has 0 fully saturated rings. The minimum atomic E-state index is -0.915. The summed E-state index contributed by atoms with van der Waals surface area (Å²) in [6.45, 7) is 5.39.